The normalized spacial score (nSPS) is 12.4. The van der Waals surface area contributed by atoms with Crippen molar-refractivity contribution in [3.05, 3.63) is 70.3 Å². The van der Waals surface area contributed by atoms with E-state index in [0.717, 1.165) is 12.8 Å². The second-order valence-electron chi connectivity index (χ2n) is 5.58. The van der Waals surface area contributed by atoms with E-state index in [0.29, 0.717) is 0 Å². The van der Waals surface area contributed by atoms with Crippen LogP contribution in [0.15, 0.2) is 42.5 Å². The summed E-state index contributed by atoms with van der Waals surface area (Å²) in [5, 5.41) is 0. The van der Waals surface area contributed by atoms with Crippen LogP contribution in [0.3, 0.4) is 0 Å². The lowest BCUT2D eigenvalue weighted by atomic mass is 9.97. The molecular weight excluding hydrogens is 230 g/mol. The Balaban J connectivity index is 2.01. The average Bonchev–Trinajstić information content (AvgIpc) is 2.34. The summed E-state index contributed by atoms with van der Waals surface area (Å²) in [5.74, 6) is 0. The fraction of sp³-hybridized carbons (Fsp3) is 0.333. The van der Waals surface area contributed by atoms with E-state index in [9.17, 15) is 0 Å². The molecule has 0 aliphatic heterocycles. The standard InChI is InChI=1S/C18H23N/c1-13-5-4-6-16(9-13)11-18(19)12-17-8-7-14(2)15(3)10-17/h4-10,18H,11-12,19H2,1-3H3. The topological polar surface area (TPSA) is 26.0 Å². The van der Waals surface area contributed by atoms with Crippen LogP contribution in [0.25, 0.3) is 0 Å². The molecule has 0 saturated carbocycles. The number of hydrogen-bond acceptors (Lipinski definition) is 1. The van der Waals surface area contributed by atoms with E-state index in [4.69, 9.17) is 5.73 Å². The van der Waals surface area contributed by atoms with Crippen LogP contribution in [0.2, 0.25) is 0 Å². The van der Waals surface area contributed by atoms with Gasteiger partial charge in [-0.15, -0.1) is 0 Å². The van der Waals surface area contributed by atoms with Crippen molar-refractivity contribution in [3.8, 4) is 0 Å². The molecule has 0 saturated heterocycles. The molecule has 0 aliphatic rings. The highest BCUT2D eigenvalue weighted by molar-refractivity contribution is 5.31. The lowest BCUT2D eigenvalue weighted by Crippen LogP contribution is -2.25. The minimum atomic E-state index is 0.184. The highest BCUT2D eigenvalue weighted by Gasteiger charge is 2.06. The molecule has 0 aromatic heterocycles. The van der Waals surface area contributed by atoms with Crippen LogP contribution < -0.4 is 5.73 Å². The van der Waals surface area contributed by atoms with Gasteiger partial charge in [-0.3, -0.25) is 0 Å². The molecular formula is C18H23N. The third-order valence-electron chi connectivity index (χ3n) is 3.65. The minimum absolute atomic E-state index is 0.184. The predicted octanol–water partition coefficient (Wildman–Crippen LogP) is 3.72. The summed E-state index contributed by atoms with van der Waals surface area (Å²) in [7, 11) is 0. The van der Waals surface area contributed by atoms with Gasteiger partial charge in [0.15, 0.2) is 0 Å². The van der Waals surface area contributed by atoms with Crippen LogP contribution in [0.5, 0.6) is 0 Å². The van der Waals surface area contributed by atoms with Gasteiger partial charge in [-0.25, -0.2) is 0 Å². The van der Waals surface area contributed by atoms with Gasteiger partial charge in [-0.2, -0.15) is 0 Å². The van der Waals surface area contributed by atoms with Gasteiger partial charge in [0.1, 0.15) is 0 Å². The van der Waals surface area contributed by atoms with E-state index in [1.807, 2.05) is 0 Å². The van der Waals surface area contributed by atoms with Crippen LogP contribution in [-0.4, -0.2) is 6.04 Å². The number of rotatable bonds is 4. The minimum Gasteiger partial charge on any atom is -0.327 e. The zero-order valence-corrected chi connectivity index (χ0v) is 12.1. The first kappa shape index (κ1) is 13.8. The smallest absolute Gasteiger partial charge is 0.0120 e. The SMILES string of the molecule is Cc1cccc(CC(N)Cc2ccc(C)c(C)c2)c1. The molecule has 1 heteroatoms. The van der Waals surface area contributed by atoms with Gasteiger partial charge in [-0.05, 0) is 55.9 Å². The Morgan fingerprint density at radius 2 is 1.53 bits per heavy atom. The zero-order valence-electron chi connectivity index (χ0n) is 12.1. The summed E-state index contributed by atoms with van der Waals surface area (Å²) in [6.07, 6.45) is 1.88. The van der Waals surface area contributed by atoms with Crippen LogP contribution >= 0.6 is 0 Å². The quantitative estimate of drug-likeness (QED) is 0.883. The van der Waals surface area contributed by atoms with Crippen molar-refractivity contribution in [1.29, 1.82) is 0 Å². The van der Waals surface area contributed by atoms with Crippen molar-refractivity contribution >= 4 is 0 Å². The summed E-state index contributed by atoms with van der Waals surface area (Å²) in [4.78, 5) is 0. The van der Waals surface area contributed by atoms with Gasteiger partial charge in [0, 0.05) is 6.04 Å². The molecule has 2 N–H and O–H groups in total. The highest BCUT2D eigenvalue weighted by atomic mass is 14.6. The first-order valence-corrected chi connectivity index (χ1v) is 6.92. The Morgan fingerprint density at radius 1 is 0.842 bits per heavy atom. The Morgan fingerprint density at radius 3 is 2.16 bits per heavy atom. The summed E-state index contributed by atoms with van der Waals surface area (Å²) in [6, 6.07) is 15.4. The molecule has 0 radical (unpaired) electrons. The number of nitrogens with two attached hydrogens (primary N) is 1. The molecule has 2 aromatic rings. The Bertz CT molecular complexity index is 557. The van der Waals surface area contributed by atoms with E-state index in [-0.39, 0.29) is 6.04 Å². The molecule has 1 nitrogen and oxygen atoms in total. The maximum absolute atomic E-state index is 6.28. The fourth-order valence-electron chi connectivity index (χ4n) is 2.45. The molecule has 1 atom stereocenters. The molecule has 0 bridgehead atoms. The predicted molar refractivity (Wildman–Crippen MR) is 82.5 cm³/mol. The largest absolute Gasteiger partial charge is 0.327 e. The van der Waals surface area contributed by atoms with Gasteiger partial charge >= 0.3 is 0 Å². The fourth-order valence-corrected chi connectivity index (χ4v) is 2.45. The molecule has 0 spiro atoms. The number of aryl methyl sites for hydroxylation is 3. The maximum Gasteiger partial charge on any atom is 0.0120 e. The first-order chi connectivity index (χ1) is 9.04. The van der Waals surface area contributed by atoms with Gasteiger partial charge in [0.2, 0.25) is 0 Å². The zero-order chi connectivity index (χ0) is 13.8. The lowest BCUT2D eigenvalue weighted by molar-refractivity contribution is 0.664. The molecule has 0 fully saturated rings. The van der Waals surface area contributed by atoms with Crippen LogP contribution in [0.4, 0.5) is 0 Å². The summed E-state index contributed by atoms with van der Waals surface area (Å²) >= 11 is 0. The van der Waals surface area contributed by atoms with Crippen LogP contribution in [-0.2, 0) is 12.8 Å². The number of hydrogen-bond donors (Lipinski definition) is 1. The van der Waals surface area contributed by atoms with Crippen LogP contribution in [0, 0.1) is 20.8 Å². The first-order valence-electron chi connectivity index (χ1n) is 6.92. The molecule has 2 aromatic carbocycles. The van der Waals surface area contributed by atoms with Crippen molar-refractivity contribution in [2.75, 3.05) is 0 Å². The Labute approximate surface area is 116 Å². The third-order valence-corrected chi connectivity index (χ3v) is 3.65. The van der Waals surface area contributed by atoms with E-state index in [1.165, 1.54) is 27.8 Å². The molecule has 100 valence electrons. The van der Waals surface area contributed by atoms with Gasteiger partial charge in [-0.1, -0.05) is 48.0 Å². The molecule has 2 rings (SSSR count). The van der Waals surface area contributed by atoms with Crippen molar-refractivity contribution in [1.82, 2.24) is 0 Å². The van der Waals surface area contributed by atoms with Crippen molar-refractivity contribution in [3.63, 3.8) is 0 Å². The summed E-state index contributed by atoms with van der Waals surface area (Å²) in [6.45, 7) is 6.43. The molecule has 0 heterocycles. The van der Waals surface area contributed by atoms with E-state index in [2.05, 4.69) is 63.2 Å². The monoisotopic (exact) mass is 253 g/mol. The van der Waals surface area contributed by atoms with E-state index >= 15 is 0 Å². The lowest BCUT2D eigenvalue weighted by Gasteiger charge is -2.13. The van der Waals surface area contributed by atoms with E-state index in [1.54, 1.807) is 0 Å². The summed E-state index contributed by atoms with van der Waals surface area (Å²) in [5.41, 5.74) is 12.9. The maximum atomic E-state index is 6.28. The van der Waals surface area contributed by atoms with Gasteiger partial charge < -0.3 is 5.73 Å². The van der Waals surface area contributed by atoms with Crippen molar-refractivity contribution in [2.45, 2.75) is 39.7 Å². The average molecular weight is 253 g/mol. The molecule has 0 aliphatic carbocycles. The Kier molecular flexibility index (Phi) is 4.39. The molecule has 19 heavy (non-hydrogen) atoms. The third kappa shape index (κ3) is 3.93. The van der Waals surface area contributed by atoms with Gasteiger partial charge in [0.25, 0.3) is 0 Å². The second kappa shape index (κ2) is 6.03. The molecule has 1 unspecified atom stereocenters. The van der Waals surface area contributed by atoms with Crippen molar-refractivity contribution < 1.29 is 0 Å². The number of benzene rings is 2. The van der Waals surface area contributed by atoms with Gasteiger partial charge in [0.05, 0.1) is 0 Å². The second-order valence-corrected chi connectivity index (χ2v) is 5.58. The highest BCUT2D eigenvalue weighted by Crippen LogP contribution is 2.13. The summed E-state index contributed by atoms with van der Waals surface area (Å²) < 4.78 is 0. The van der Waals surface area contributed by atoms with Crippen molar-refractivity contribution in [2.24, 2.45) is 5.73 Å². The Hall–Kier alpha value is -1.60. The molecule has 0 amide bonds. The van der Waals surface area contributed by atoms with E-state index < -0.39 is 0 Å². The van der Waals surface area contributed by atoms with Crippen LogP contribution in [0.1, 0.15) is 27.8 Å².